The fourth-order valence-corrected chi connectivity index (χ4v) is 2.78. The molecule has 0 aromatic carbocycles. The van der Waals surface area contributed by atoms with Gasteiger partial charge >= 0.3 is 0 Å². The summed E-state index contributed by atoms with van der Waals surface area (Å²) in [4.78, 5) is 0. The third-order valence-corrected chi connectivity index (χ3v) is 3.64. The van der Waals surface area contributed by atoms with Gasteiger partial charge in [-0.25, -0.2) is 0 Å². The normalized spacial score (nSPS) is 29.2. The molecule has 0 spiro atoms. The number of rotatable bonds is 3. The van der Waals surface area contributed by atoms with Gasteiger partial charge in [-0.05, 0) is 44.1 Å². The fraction of sp³-hybridized carbons (Fsp3) is 1.00. The van der Waals surface area contributed by atoms with Crippen LogP contribution in [0.15, 0.2) is 0 Å². The predicted molar refractivity (Wildman–Crippen MR) is 47.6 cm³/mol. The van der Waals surface area contributed by atoms with Crippen molar-refractivity contribution in [3.05, 3.63) is 0 Å². The Morgan fingerprint density at radius 2 is 1.91 bits per heavy atom. The van der Waals surface area contributed by atoms with Gasteiger partial charge in [-0.3, -0.25) is 0 Å². The molecule has 0 amide bonds. The molecule has 0 saturated heterocycles. The van der Waals surface area contributed by atoms with Crippen molar-refractivity contribution in [1.29, 1.82) is 0 Å². The smallest absolute Gasteiger partial charge is 0.000747 e. The Morgan fingerprint density at radius 3 is 2.36 bits per heavy atom. The summed E-state index contributed by atoms with van der Waals surface area (Å²) in [6.07, 6.45) is 9.02. The number of nitrogens with one attached hydrogen (secondary N) is 1. The highest BCUT2D eigenvalue weighted by Gasteiger charge is 2.48. The second kappa shape index (κ2) is 2.78. The second-order valence-corrected chi connectivity index (χ2v) is 4.37. The molecule has 11 heavy (non-hydrogen) atoms. The highest BCUT2D eigenvalue weighted by molar-refractivity contribution is 5.00. The summed E-state index contributed by atoms with van der Waals surface area (Å²) in [7, 11) is 2.09. The van der Waals surface area contributed by atoms with Crippen LogP contribution in [0.4, 0.5) is 0 Å². The predicted octanol–water partition coefficient (Wildman–Crippen LogP) is 2.18. The molecule has 0 atom stereocenters. The van der Waals surface area contributed by atoms with Crippen LogP contribution in [0.2, 0.25) is 0 Å². The maximum absolute atomic E-state index is 3.35. The van der Waals surface area contributed by atoms with E-state index in [0.29, 0.717) is 0 Å². The van der Waals surface area contributed by atoms with Crippen molar-refractivity contribution in [2.75, 3.05) is 13.6 Å². The van der Waals surface area contributed by atoms with E-state index in [4.69, 9.17) is 0 Å². The third kappa shape index (κ3) is 1.31. The molecule has 1 nitrogen and oxygen atoms in total. The Bertz CT molecular complexity index is 132. The van der Waals surface area contributed by atoms with E-state index in [1.54, 1.807) is 0 Å². The summed E-state index contributed by atoms with van der Waals surface area (Å²) in [5, 5.41) is 3.35. The second-order valence-electron chi connectivity index (χ2n) is 4.37. The van der Waals surface area contributed by atoms with Crippen molar-refractivity contribution >= 4 is 0 Å². The van der Waals surface area contributed by atoms with Gasteiger partial charge in [0.15, 0.2) is 0 Å². The largest absolute Gasteiger partial charge is 0.319 e. The van der Waals surface area contributed by atoms with Crippen molar-refractivity contribution in [3.8, 4) is 0 Å². The first-order valence-electron chi connectivity index (χ1n) is 5.02. The monoisotopic (exact) mass is 153 g/mol. The maximum atomic E-state index is 3.35. The highest BCUT2D eigenvalue weighted by Crippen LogP contribution is 2.56. The van der Waals surface area contributed by atoms with Crippen LogP contribution in [-0.4, -0.2) is 13.6 Å². The summed E-state index contributed by atoms with van der Waals surface area (Å²) in [5.74, 6) is 1.08. The van der Waals surface area contributed by atoms with Crippen LogP contribution in [0.25, 0.3) is 0 Å². The molecule has 0 bridgehead atoms. The zero-order valence-electron chi connectivity index (χ0n) is 7.53. The topological polar surface area (TPSA) is 12.0 Å². The Balaban J connectivity index is 1.91. The molecule has 2 fully saturated rings. The first kappa shape index (κ1) is 7.60. The van der Waals surface area contributed by atoms with Crippen molar-refractivity contribution in [3.63, 3.8) is 0 Å². The molecule has 0 aliphatic heterocycles. The van der Waals surface area contributed by atoms with Gasteiger partial charge in [-0.1, -0.05) is 12.8 Å². The molecule has 0 unspecified atom stereocenters. The van der Waals surface area contributed by atoms with E-state index in [-0.39, 0.29) is 0 Å². The first-order chi connectivity index (χ1) is 5.37. The Labute approximate surface area is 69.6 Å². The minimum Gasteiger partial charge on any atom is -0.319 e. The quantitative estimate of drug-likeness (QED) is 0.655. The summed E-state index contributed by atoms with van der Waals surface area (Å²) in [6.45, 7) is 1.28. The third-order valence-electron chi connectivity index (χ3n) is 3.64. The van der Waals surface area contributed by atoms with Crippen LogP contribution in [0.3, 0.4) is 0 Å². The molecule has 1 N–H and O–H groups in total. The number of hydrogen-bond acceptors (Lipinski definition) is 1. The van der Waals surface area contributed by atoms with Crippen molar-refractivity contribution in [2.24, 2.45) is 11.3 Å². The molecule has 0 aromatic rings. The lowest BCUT2D eigenvalue weighted by atomic mass is 9.87. The zero-order valence-corrected chi connectivity index (χ0v) is 7.53. The van der Waals surface area contributed by atoms with Crippen molar-refractivity contribution in [1.82, 2.24) is 5.32 Å². The van der Waals surface area contributed by atoms with Crippen molar-refractivity contribution in [2.45, 2.75) is 38.5 Å². The summed E-state index contributed by atoms with van der Waals surface area (Å²) < 4.78 is 0. The average molecular weight is 153 g/mol. The standard InChI is InChI=1S/C10H19N/c1-11-8-10(6-7-10)9-4-2-3-5-9/h9,11H,2-8H2,1H3. The summed E-state index contributed by atoms with van der Waals surface area (Å²) in [5.41, 5.74) is 0.769. The van der Waals surface area contributed by atoms with E-state index in [2.05, 4.69) is 12.4 Å². The van der Waals surface area contributed by atoms with Crippen LogP contribution in [0.1, 0.15) is 38.5 Å². The molecular formula is C10H19N. The molecule has 2 aliphatic carbocycles. The van der Waals surface area contributed by atoms with Crippen molar-refractivity contribution < 1.29 is 0 Å². The van der Waals surface area contributed by atoms with Crippen LogP contribution in [0.5, 0.6) is 0 Å². The van der Waals surface area contributed by atoms with E-state index >= 15 is 0 Å². The lowest BCUT2D eigenvalue weighted by Gasteiger charge is -2.21. The Kier molecular flexibility index (Phi) is 1.92. The first-order valence-corrected chi connectivity index (χ1v) is 5.02. The molecule has 64 valence electrons. The molecule has 1 heteroatoms. The Hall–Kier alpha value is -0.0400. The van der Waals surface area contributed by atoms with Crippen LogP contribution >= 0.6 is 0 Å². The lowest BCUT2D eigenvalue weighted by Crippen LogP contribution is -2.25. The lowest BCUT2D eigenvalue weighted by molar-refractivity contribution is 0.306. The SMILES string of the molecule is CNCC1(C2CCCC2)CC1. The van der Waals surface area contributed by atoms with Crippen LogP contribution in [0, 0.1) is 11.3 Å². The minimum atomic E-state index is 0.769. The van der Waals surface area contributed by atoms with Gasteiger partial charge in [0.1, 0.15) is 0 Å². The van der Waals surface area contributed by atoms with Gasteiger partial charge in [-0.2, -0.15) is 0 Å². The van der Waals surface area contributed by atoms with E-state index < -0.39 is 0 Å². The van der Waals surface area contributed by atoms with Gasteiger partial charge in [0, 0.05) is 6.54 Å². The van der Waals surface area contributed by atoms with Crippen LogP contribution < -0.4 is 5.32 Å². The molecule has 2 saturated carbocycles. The molecule has 2 aliphatic rings. The highest BCUT2D eigenvalue weighted by atomic mass is 14.9. The molecule has 2 rings (SSSR count). The van der Waals surface area contributed by atoms with Gasteiger partial charge in [-0.15, -0.1) is 0 Å². The molecule has 0 heterocycles. The number of hydrogen-bond donors (Lipinski definition) is 1. The maximum Gasteiger partial charge on any atom is 0.000747 e. The van der Waals surface area contributed by atoms with Gasteiger partial charge < -0.3 is 5.32 Å². The van der Waals surface area contributed by atoms with E-state index in [1.165, 1.54) is 45.1 Å². The summed E-state index contributed by atoms with van der Waals surface area (Å²) in [6, 6.07) is 0. The van der Waals surface area contributed by atoms with E-state index in [0.717, 1.165) is 11.3 Å². The van der Waals surface area contributed by atoms with E-state index in [1.807, 2.05) is 0 Å². The van der Waals surface area contributed by atoms with Gasteiger partial charge in [0.05, 0.1) is 0 Å². The van der Waals surface area contributed by atoms with Gasteiger partial charge in [0.2, 0.25) is 0 Å². The zero-order chi connectivity index (χ0) is 7.73. The van der Waals surface area contributed by atoms with Gasteiger partial charge in [0.25, 0.3) is 0 Å². The molecular weight excluding hydrogens is 134 g/mol. The Morgan fingerprint density at radius 1 is 1.27 bits per heavy atom. The molecule has 0 radical (unpaired) electrons. The van der Waals surface area contributed by atoms with E-state index in [9.17, 15) is 0 Å². The fourth-order valence-electron chi connectivity index (χ4n) is 2.78. The minimum absolute atomic E-state index is 0.769. The molecule has 0 aromatic heterocycles. The average Bonchev–Trinajstić information content (AvgIpc) is 2.63. The van der Waals surface area contributed by atoms with Crippen LogP contribution in [-0.2, 0) is 0 Å². The summed E-state index contributed by atoms with van der Waals surface area (Å²) >= 11 is 0.